The number of imidazole rings is 1. The SMILES string of the molecule is Nc1ncnc2c1ncn2[C@@H]1O[C@H](COP(=O)(O)OS(=O)(=O)O)[C@@H]([O-])[C@H]1[O-].[Na+].[Na+]. The third-order valence-corrected chi connectivity index (χ3v) is 5.52. The van der Waals surface area contributed by atoms with Crippen molar-refractivity contribution in [2.24, 2.45) is 0 Å². The van der Waals surface area contributed by atoms with E-state index < -0.39 is 49.4 Å². The van der Waals surface area contributed by atoms with E-state index in [0.717, 1.165) is 10.9 Å². The Bertz CT molecular complexity index is 1010. The first-order chi connectivity index (χ1) is 12.5. The number of aromatic nitrogens is 4. The molecular weight excluding hydrogens is 459 g/mol. The molecule has 3 rings (SSSR count). The van der Waals surface area contributed by atoms with Crippen LogP contribution in [0.4, 0.5) is 5.82 Å². The van der Waals surface area contributed by atoms with Crippen LogP contribution in [0, 0.1) is 0 Å². The van der Waals surface area contributed by atoms with E-state index in [1.165, 1.54) is 6.33 Å². The summed E-state index contributed by atoms with van der Waals surface area (Å²) in [6.45, 7) is -0.948. The predicted molar refractivity (Wildman–Crippen MR) is 79.6 cm³/mol. The fourth-order valence-electron chi connectivity index (χ4n) is 2.43. The molecule has 2 aromatic heterocycles. The van der Waals surface area contributed by atoms with E-state index in [-0.39, 0.29) is 76.1 Å². The van der Waals surface area contributed by atoms with Crippen LogP contribution >= 0.6 is 7.82 Å². The second-order valence-corrected chi connectivity index (χ2v) is 7.99. The Labute approximate surface area is 207 Å². The smallest absolute Gasteiger partial charge is 0.851 e. The summed E-state index contributed by atoms with van der Waals surface area (Å²) in [6.07, 6.45) is -4.46. The molecule has 3 heterocycles. The van der Waals surface area contributed by atoms with Gasteiger partial charge in [0.1, 0.15) is 18.1 Å². The van der Waals surface area contributed by atoms with Crippen LogP contribution in [0.25, 0.3) is 11.2 Å². The van der Waals surface area contributed by atoms with Crippen LogP contribution in [0.5, 0.6) is 0 Å². The van der Waals surface area contributed by atoms with Gasteiger partial charge >= 0.3 is 77.3 Å². The minimum absolute atomic E-state index is 0. The third kappa shape index (κ3) is 6.38. The van der Waals surface area contributed by atoms with Crippen LogP contribution in [-0.2, 0) is 28.2 Å². The molecule has 0 saturated carbocycles. The van der Waals surface area contributed by atoms with Gasteiger partial charge in [-0.25, -0.2) is 19.5 Å². The van der Waals surface area contributed by atoms with Crippen LogP contribution in [-0.4, -0.2) is 62.3 Å². The summed E-state index contributed by atoms with van der Waals surface area (Å²) < 4.78 is 54.9. The molecule has 5 atom stereocenters. The standard InChI is InChI=1S/C10H12N5O10PS.2Na/c11-8-5-9(13-2-12-8)15(3-14-5)10-7(17)6(16)4(24-10)1-23-26(18,19)25-27(20,21)22;;/h2-4,6-7,10H,1H2,(H,18,19)(H2,11,12,13)(H,20,21,22);;/q-2;2*+1/t4-,6-,7-,10-;;/m1../s1. The van der Waals surface area contributed by atoms with E-state index in [4.69, 9.17) is 15.0 Å². The number of nitrogen functional groups attached to an aromatic ring is 1. The number of hydrogen-bond acceptors (Lipinski definition) is 12. The zero-order chi connectivity index (χ0) is 20.0. The molecular formula is C10H12N5Na2O10PS. The van der Waals surface area contributed by atoms with Gasteiger partial charge in [0, 0.05) is 0 Å². The monoisotopic (exact) mass is 471 g/mol. The van der Waals surface area contributed by atoms with Gasteiger partial charge in [0.2, 0.25) is 0 Å². The molecule has 29 heavy (non-hydrogen) atoms. The summed E-state index contributed by atoms with van der Waals surface area (Å²) in [5.74, 6) is 0.0429. The first-order valence-corrected chi connectivity index (χ1v) is 9.90. The number of phosphoric acid groups is 1. The van der Waals surface area contributed by atoms with Crippen molar-refractivity contribution >= 4 is 35.2 Å². The van der Waals surface area contributed by atoms with Gasteiger partial charge in [0.25, 0.3) is 0 Å². The van der Waals surface area contributed by atoms with E-state index in [1.54, 1.807) is 0 Å². The first kappa shape index (κ1) is 27.3. The number of anilines is 1. The number of nitrogens with two attached hydrogens (primary N) is 1. The number of hydrogen-bond donors (Lipinski definition) is 3. The Balaban J connectivity index is 0.00000210. The van der Waals surface area contributed by atoms with Crippen LogP contribution in [0.3, 0.4) is 0 Å². The molecule has 1 unspecified atom stereocenters. The summed E-state index contributed by atoms with van der Waals surface area (Å²) in [5, 5.41) is 24.4. The van der Waals surface area contributed by atoms with E-state index in [9.17, 15) is 28.1 Å². The summed E-state index contributed by atoms with van der Waals surface area (Å²) in [5.41, 5.74) is 5.94. The molecule has 0 radical (unpaired) electrons. The third-order valence-electron chi connectivity index (χ3n) is 3.54. The number of rotatable bonds is 6. The summed E-state index contributed by atoms with van der Waals surface area (Å²) in [4.78, 5) is 20.8. The molecule has 4 N–H and O–H groups in total. The van der Waals surface area contributed by atoms with Crippen LogP contribution < -0.4 is 75.1 Å². The van der Waals surface area contributed by atoms with Gasteiger partial charge in [-0.3, -0.25) is 13.6 Å². The molecule has 0 aliphatic carbocycles. The second kappa shape index (κ2) is 10.2. The minimum Gasteiger partial charge on any atom is -0.851 e. The van der Waals surface area contributed by atoms with Crippen LogP contribution in [0.1, 0.15) is 6.23 Å². The van der Waals surface area contributed by atoms with Gasteiger partial charge in [-0.1, -0.05) is 6.10 Å². The van der Waals surface area contributed by atoms with E-state index in [0.29, 0.717) is 0 Å². The topological polar surface area (TPSA) is 235 Å². The Hall–Kier alpha value is 0.250. The molecule has 1 aliphatic heterocycles. The van der Waals surface area contributed by atoms with Crippen LogP contribution in [0.2, 0.25) is 0 Å². The fraction of sp³-hybridized carbons (Fsp3) is 0.500. The number of nitrogens with zero attached hydrogens (tertiary/aromatic N) is 4. The maximum absolute atomic E-state index is 12.3. The molecule has 1 saturated heterocycles. The number of ether oxygens (including phenoxy) is 1. The van der Waals surface area contributed by atoms with Gasteiger partial charge in [-0.05, 0) is 0 Å². The molecule has 2 aromatic rings. The first-order valence-electron chi connectivity index (χ1n) is 7.04. The average Bonchev–Trinajstić information content (AvgIpc) is 3.07. The van der Waals surface area contributed by atoms with Crippen LogP contribution in [0.15, 0.2) is 12.7 Å². The minimum atomic E-state index is -5.28. The van der Waals surface area contributed by atoms with E-state index in [1.807, 2.05) is 0 Å². The van der Waals surface area contributed by atoms with Crippen molar-refractivity contribution in [3.8, 4) is 0 Å². The van der Waals surface area contributed by atoms with Crippen molar-refractivity contribution in [1.29, 1.82) is 0 Å². The Morgan fingerprint density at radius 3 is 2.55 bits per heavy atom. The fourth-order valence-corrected chi connectivity index (χ4v) is 3.89. The van der Waals surface area contributed by atoms with Gasteiger partial charge < -0.3 is 25.6 Å². The Kier molecular flexibility index (Phi) is 9.64. The zero-order valence-electron chi connectivity index (χ0n) is 15.1. The van der Waals surface area contributed by atoms with Crippen molar-refractivity contribution in [3.05, 3.63) is 12.7 Å². The number of phosphoric ester groups is 1. The molecule has 150 valence electrons. The molecule has 15 nitrogen and oxygen atoms in total. The van der Waals surface area contributed by atoms with E-state index >= 15 is 0 Å². The molecule has 19 heteroatoms. The Morgan fingerprint density at radius 2 is 1.93 bits per heavy atom. The molecule has 0 amide bonds. The molecule has 1 fully saturated rings. The summed E-state index contributed by atoms with van der Waals surface area (Å²) in [6, 6.07) is 0. The summed E-state index contributed by atoms with van der Waals surface area (Å²) >= 11 is 0. The van der Waals surface area contributed by atoms with Crippen molar-refractivity contribution in [2.45, 2.75) is 24.5 Å². The van der Waals surface area contributed by atoms with Gasteiger partial charge in [-0.15, -0.1) is 10.1 Å². The maximum atomic E-state index is 12.3. The van der Waals surface area contributed by atoms with E-state index in [2.05, 4.69) is 23.4 Å². The largest absolute Gasteiger partial charge is 1.00 e. The van der Waals surface area contributed by atoms with Gasteiger partial charge in [-0.2, -0.15) is 8.42 Å². The second-order valence-electron chi connectivity index (χ2n) is 5.34. The van der Waals surface area contributed by atoms with Crippen molar-refractivity contribution in [1.82, 2.24) is 19.5 Å². The molecule has 1 aliphatic rings. The zero-order valence-corrected chi connectivity index (χ0v) is 20.8. The summed E-state index contributed by atoms with van der Waals surface area (Å²) in [7, 11) is -10.5. The van der Waals surface area contributed by atoms with Crippen molar-refractivity contribution < 1.29 is 105 Å². The molecule has 0 aromatic carbocycles. The Morgan fingerprint density at radius 1 is 1.28 bits per heavy atom. The molecule has 0 spiro atoms. The van der Waals surface area contributed by atoms with Gasteiger partial charge in [0.15, 0.2) is 11.5 Å². The predicted octanol–water partition coefficient (Wildman–Crippen LogP) is -9.29. The van der Waals surface area contributed by atoms with Crippen molar-refractivity contribution in [2.75, 3.05) is 12.3 Å². The number of fused-ring (bicyclic) bond motifs is 1. The maximum Gasteiger partial charge on any atom is 1.00 e. The molecule has 0 bridgehead atoms. The van der Waals surface area contributed by atoms with Crippen molar-refractivity contribution in [3.63, 3.8) is 0 Å². The normalized spacial score (nSPS) is 26.5. The quantitative estimate of drug-likeness (QED) is 0.202. The van der Waals surface area contributed by atoms with Gasteiger partial charge in [0.05, 0.1) is 19.0 Å². The average molecular weight is 471 g/mol.